The number of nitrogens with zero attached hydrogens (tertiary/aromatic N) is 4. The number of benzene rings is 1. The van der Waals surface area contributed by atoms with Crippen LogP contribution in [-0.2, 0) is 13.6 Å². The quantitative estimate of drug-likeness (QED) is 0.831. The third-order valence-corrected chi connectivity index (χ3v) is 5.19. The van der Waals surface area contributed by atoms with Gasteiger partial charge in [0, 0.05) is 51.7 Å². The van der Waals surface area contributed by atoms with Crippen molar-refractivity contribution in [1.29, 1.82) is 0 Å². The molecule has 1 aliphatic heterocycles. The number of halogens is 1. The molecule has 24 heavy (non-hydrogen) atoms. The molecule has 0 radical (unpaired) electrons. The van der Waals surface area contributed by atoms with Gasteiger partial charge in [-0.1, -0.05) is 17.7 Å². The van der Waals surface area contributed by atoms with Crippen LogP contribution in [0.2, 0.25) is 5.02 Å². The molecule has 0 amide bonds. The van der Waals surface area contributed by atoms with Gasteiger partial charge in [-0.25, -0.2) is 4.98 Å². The number of imidazole rings is 1. The molecular formula is C18H25ClN4O. The van der Waals surface area contributed by atoms with E-state index in [9.17, 15) is 0 Å². The second-order valence-corrected chi connectivity index (χ2v) is 6.74. The van der Waals surface area contributed by atoms with E-state index < -0.39 is 0 Å². The zero-order chi connectivity index (χ0) is 17.1. The highest BCUT2D eigenvalue weighted by molar-refractivity contribution is 6.32. The molecule has 5 nitrogen and oxygen atoms in total. The molecule has 6 heteroatoms. The molecule has 0 N–H and O–H groups in total. The Morgan fingerprint density at radius 3 is 2.58 bits per heavy atom. The van der Waals surface area contributed by atoms with Crippen LogP contribution < -0.4 is 4.74 Å². The van der Waals surface area contributed by atoms with Gasteiger partial charge in [-0.3, -0.25) is 9.80 Å². The highest BCUT2D eigenvalue weighted by Gasteiger charge is 2.23. The molecule has 2 aromatic rings. The number of ether oxygens (including phenoxy) is 1. The summed E-state index contributed by atoms with van der Waals surface area (Å²) >= 11 is 6.27. The fraction of sp³-hybridized carbons (Fsp3) is 0.500. The molecule has 3 rings (SSSR count). The first-order valence-corrected chi connectivity index (χ1v) is 8.72. The topological polar surface area (TPSA) is 33.5 Å². The number of aryl methyl sites for hydroxylation is 1. The predicted octanol–water partition coefficient (Wildman–Crippen LogP) is 2.96. The van der Waals surface area contributed by atoms with Gasteiger partial charge in [0.05, 0.1) is 18.7 Å². The minimum Gasteiger partial charge on any atom is -0.495 e. The lowest BCUT2D eigenvalue weighted by Crippen LogP contribution is -2.46. The summed E-state index contributed by atoms with van der Waals surface area (Å²) in [6.07, 6.45) is 3.86. The normalized spacial score (nSPS) is 17.8. The van der Waals surface area contributed by atoms with Gasteiger partial charge in [0.2, 0.25) is 0 Å². The van der Waals surface area contributed by atoms with Crippen LogP contribution in [-0.4, -0.2) is 52.6 Å². The summed E-state index contributed by atoms with van der Waals surface area (Å²) in [5.74, 6) is 1.85. The molecule has 0 saturated carbocycles. The van der Waals surface area contributed by atoms with Gasteiger partial charge in [0.25, 0.3) is 0 Å². The maximum absolute atomic E-state index is 6.27. The summed E-state index contributed by atoms with van der Waals surface area (Å²) in [7, 11) is 3.69. The molecule has 1 atom stereocenters. The van der Waals surface area contributed by atoms with Crippen LogP contribution in [0.5, 0.6) is 5.75 Å². The van der Waals surface area contributed by atoms with Crippen LogP contribution in [0.4, 0.5) is 0 Å². The maximum Gasteiger partial charge on any atom is 0.137 e. The van der Waals surface area contributed by atoms with Crippen molar-refractivity contribution >= 4 is 11.6 Å². The van der Waals surface area contributed by atoms with Gasteiger partial charge in [-0.15, -0.1) is 0 Å². The largest absolute Gasteiger partial charge is 0.495 e. The summed E-state index contributed by atoms with van der Waals surface area (Å²) < 4.78 is 7.33. The van der Waals surface area contributed by atoms with Crippen LogP contribution in [0.25, 0.3) is 0 Å². The minimum atomic E-state index is 0.351. The van der Waals surface area contributed by atoms with E-state index in [1.54, 1.807) is 7.11 Å². The van der Waals surface area contributed by atoms with Gasteiger partial charge in [0.1, 0.15) is 11.6 Å². The number of aromatic nitrogens is 2. The molecule has 2 heterocycles. The van der Waals surface area contributed by atoms with Crippen molar-refractivity contribution in [2.24, 2.45) is 7.05 Å². The van der Waals surface area contributed by atoms with E-state index >= 15 is 0 Å². The summed E-state index contributed by atoms with van der Waals surface area (Å²) in [4.78, 5) is 9.39. The highest BCUT2D eigenvalue weighted by atomic mass is 35.5. The third-order valence-electron chi connectivity index (χ3n) is 4.90. The van der Waals surface area contributed by atoms with Crippen molar-refractivity contribution in [3.8, 4) is 5.75 Å². The number of hydrogen-bond acceptors (Lipinski definition) is 4. The molecular weight excluding hydrogens is 324 g/mol. The summed E-state index contributed by atoms with van der Waals surface area (Å²) in [6.45, 7) is 7.37. The van der Waals surface area contributed by atoms with Gasteiger partial charge in [-0.05, 0) is 24.6 Å². The van der Waals surface area contributed by atoms with E-state index in [0.29, 0.717) is 11.1 Å². The summed E-state index contributed by atoms with van der Waals surface area (Å²) in [5.41, 5.74) is 1.23. The van der Waals surface area contributed by atoms with Crippen molar-refractivity contribution in [2.75, 3.05) is 33.3 Å². The van der Waals surface area contributed by atoms with E-state index in [2.05, 4.69) is 32.3 Å². The Bertz CT molecular complexity index is 679. The second-order valence-electron chi connectivity index (χ2n) is 6.34. The van der Waals surface area contributed by atoms with Crippen molar-refractivity contribution in [2.45, 2.75) is 19.5 Å². The van der Waals surface area contributed by atoms with Gasteiger partial charge < -0.3 is 9.30 Å². The van der Waals surface area contributed by atoms with Gasteiger partial charge >= 0.3 is 0 Å². The number of piperazine rings is 1. The van der Waals surface area contributed by atoms with E-state index in [0.717, 1.165) is 44.3 Å². The zero-order valence-electron chi connectivity index (χ0n) is 14.6. The summed E-state index contributed by atoms with van der Waals surface area (Å²) in [5, 5.41) is 0.676. The summed E-state index contributed by atoms with van der Waals surface area (Å²) in [6, 6.07) is 6.43. The molecule has 1 aromatic carbocycles. The standard InChI is InChI=1S/C18H25ClN4O/c1-14(15-4-5-17(24-3)16(19)12-15)23-10-8-22(9-11-23)13-18-20-6-7-21(18)2/h4-7,12,14H,8-11,13H2,1-3H3/t14-/m1/s1. The first-order valence-electron chi connectivity index (χ1n) is 8.34. The zero-order valence-corrected chi connectivity index (χ0v) is 15.3. The second kappa shape index (κ2) is 7.55. The van der Waals surface area contributed by atoms with Crippen LogP contribution in [0.1, 0.15) is 24.4 Å². The minimum absolute atomic E-state index is 0.351. The van der Waals surface area contributed by atoms with Crippen LogP contribution in [0, 0.1) is 0 Å². The van der Waals surface area contributed by atoms with Crippen molar-refractivity contribution in [3.63, 3.8) is 0 Å². The Kier molecular flexibility index (Phi) is 5.43. The van der Waals surface area contributed by atoms with E-state index in [1.165, 1.54) is 5.56 Å². The van der Waals surface area contributed by atoms with E-state index in [4.69, 9.17) is 16.3 Å². The van der Waals surface area contributed by atoms with E-state index in [1.807, 2.05) is 31.6 Å². The number of rotatable bonds is 5. The monoisotopic (exact) mass is 348 g/mol. The lowest BCUT2D eigenvalue weighted by Gasteiger charge is -2.38. The first kappa shape index (κ1) is 17.3. The highest BCUT2D eigenvalue weighted by Crippen LogP contribution is 2.30. The smallest absolute Gasteiger partial charge is 0.137 e. The van der Waals surface area contributed by atoms with Gasteiger partial charge in [-0.2, -0.15) is 0 Å². The van der Waals surface area contributed by atoms with Crippen LogP contribution in [0.15, 0.2) is 30.6 Å². The van der Waals surface area contributed by atoms with Crippen LogP contribution in [0.3, 0.4) is 0 Å². The molecule has 0 spiro atoms. The average molecular weight is 349 g/mol. The lowest BCUT2D eigenvalue weighted by atomic mass is 10.1. The number of methoxy groups -OCH3 is 1. The van der Waals surface area contributed by atoms with Crippen LogP contribution >= 0.6 is 11.6 Å². The molecule has 1 aliphatic rings. The lowest BCUT2D eigenvalue weighted by molar-refractivity contribution is 0.0956. The molecule has 130 valence electrons. The van der Waals surface area contributed by atoms with Crippen molar-refractivity contribution in [1.82, 2.24) is 19.4 Å². The molecule has 0 bridgehead atoms. The molecule has 1 aromatic heterocycles. The third kappa shape index (κ3) is 3.74. The van der Waals surface area contributed by atoms with Crippen molar-refractivity contribution in [3.05, 3.63) is 47.0 Å². The van der Waals surface area contributed by atoms with Gasteiger partial charge in [0.15, 0.2) is 0 Å². The Balaban J connectivity index is 1.58. The fourth-order valence-corrected chi connectivity index (χ4v) is 3.48. The van der Waals surface area contributed by atoms with Crippen molar-refractivity contribution < 1.29 is 4.74 Å². The SMILES string of the molecule is COc1ccc([C@@H](C)N2CCN(Cc3nccn3C)CC2)cc1Cl. The average Bonchev–Trinajstić information content (AvgIpc) is 3.00. The predicted molar refractivity (Wildman–Crippen MR) is 96.5 cm³/mol. The Morgan fingerprint density at radius 1 is 1.25 bits per heavy atom. The Hall–Kier alpha value is -1.56. The Labute approximate surface area is 148 Å². The molecule has 1 fully saturated rings. The maximum atomic E-state index is 6.27. The fourth-order valence-electron chi connectivity index (χ4n) is 3.21. The molecule has 0 unspecified atom stereocenters. The Morgan fingerprint density at radius 2 is 2.00 bits per heavy atom. The number of hydrogen-bond donors (Lipinski definition) is 0. The first-order chi connectivity index (χ1) is 11.6. The molecule has 1 saturated heterocycles. The van der Waals surface area contributed by atoms with E-state index in [-0.39, 0.29) is 0 Å². The molecule has 0 aliphatic carbocycles.